The van der Waals surface area contributed by atoms with E-state index >= 15 is 0 Å². The third-order valence-electron chi connectivity index (χ3n) is 12.1. The molecule has 0 aliphatic heterocycles. The van der Waals surface area contributed by atoms with Crippen LogP contribution in [0.15, 0.2) is 0 Å². The van der Waals surface area contributed by atoms with Gasteiger partial charge in [-0.1, -0.05) is 181 Å². The normalized spacial score (nSPS) is 13.3. The number of carbonyl (C=O) groups is 4. The van der Waals surface area contributed by atoms with Crippen LogP contribution < -0.4 is 21.7 Å². The number of nitrogens with two attached hydrogens (primary N) is 1. The van der Waals surface area contributed by atoms with Crippen LogP contribution in [0.3, 0.4) is 0 Å². The van der Waals surface area contributed by atoms with Gasteiger partial charge in [-0.15, -0.1) is 0 Å². The first-order valence-corrected chi connectivity index (χ1v) is 26.2. The Labute approximate surface area is 380 Å². The zero-order valence-electron chi connectivity index (χ0n) is 40.6. The van der Waals surface area contributed by atoms with Gasteiger partial charge in [-0.3, -0.25) is 19.2 Å². The molecule has 11 nitrogen and oxygen atoms in total. The maximum Gasteiger partial charge on any atom is 0.306 e. The van der Waals surface area contributed by atoms with Crippen LogP contribution in [0.5, 0.6) is 0 Å². The van der Waals surface area contributed by atoms with Crippen molar-refractivity contribution in [1.29, 1.82) is 0 Å². The monoisotopic (exact) mass is 881 g/mol. The Morgan fingerprint density at radius 3 is 1.47 bits per heavy atom. The minimum Gasteiger partial charge on any atom is -0.462 e. The summed E-state index contributed by atoms with van der Waals surface area (Å²) in [5.41, 5.74) is 5.74. The maximum atomic E-state index is 13.5. The SMILES string of the molecule is CCCCCCCCCCCC(=O)O[C@H](CCCCCCCCCCC)CC(=O)N[C@@H](CCCCN)C(=O)NCCC[C@H](CO)NC(=O)C[C@H](O)CCCCCCCCCCC. The number of nitrogens with one attached hydrogen (secondary N) is 3. The smallest absolute Gasteiger partial charge is 0.306 e. The molecule has 7 N–H and O–H groups in total. The molecule has 0 bridgehead atoms. The van der Waals surface area contributed by atoms with Gasteiger partial charge in [0.15, 0.2) is 0 Å². The molecule has 0 aromatic carbocycles. The van der Waals surface area contributed by atoms with Gasteiger partial charge in [-0.25, -0.2) is 0 Å². The van der Waals surface area contributed by atoms with E-state index in [-0.39, 0.29) is 43.1 Å². The van der Waals surface area contributed by atoms with E-state index in [9.17, 15) is 29.4 Å². The summed E-state index contributed by atoms with van der Waals surface area (Å²) in [5, 5.41) is 29.0. The van der Waals surface area contributed by atoms with Gasteiger partial charge < -0.3 is 36.6 Å². The van der Waals surface area contributed by atoms with Crippen LogP contribution >= 0.6 is 0 Å². The summed E-state index contributed by atoms with van der Waals surface area (Å²) >= 11 is 0. The number of carbonyl (C=O) groups excluding carboxylic acids is 4. The van der Waals surface area contributed by atoms with Crippen molar-refractivity contribution >= 4 is 23.7 Å². The van der Waals surface area contributed by atoms with E-state index in [1.807, 2.05) is 0 Å². The number of ether oxygens (including phenoxy) is 1. The molecule has 0 unspecified atom stereocenters. The highest BCUT2D eigenvalue weighted by Gasteiger charge is 2.24. The molecule has 11 heteroatoms. The van der Waals surface area contributed by atoms with Crippen molar-refractivity contribution in [3.05, 3.63) is 0 Å². The molecule has 0 aliphatic carbocycles. The van der Waals surface area contributed by atoms with E-state index < -0.39 is 24.3 Å². The summed E-state index contributed by atoms with van der Waals surface area (Å²) in [6.45, 7) is 7.24. The third-order valence-corrected chi connectivity index (χ3v) is 12.1. The Hall–Kier alpha value is -2.24. The van der Waals surface area contributed by atoms with Crippen molar-refractivity contribution in [3.8, 4) is 0 Å². The van der Waals surface area contributed by atoms with Crippen LogP contribution in [0, 0.1) is 0 Å². The summed E-state index contributed by atoms with van der Waals surface area (Å²) in [6, 6.07) is -1.23. The fourth-order valence-corrected chi connectivity index (χ4v) is 8.12. The minimum absolute atomic E-state index is 0.00694. The zero-order valence-corrected chi connectivity index (χ0v) is 40.6. The first-order valence-electron chi connectivity index (χ1n) is 26.2. The van der Waals surface area contributed by atoms with E-state index in [0.717, 1.165) is 64.2 Å². The molecule has 0 saturated carbocycles. The molecular weight excluding hydrogens is 781 g/mol. The molecule has 0 heterocycles. The van der Waals surface area contributed by atoms with Crippen LogP contribution in [0.25, 0.3) is 0 Å². The Morgan fingerprint density at radius 1 is 0.516 bits per heavy atom. The second kappa shape index (κ2) is 45.3. The van der Waals surface area contributed by atoms with Gasteiger partial charge in [0.2, 0.25) is 17.7 Å². The summed E-state index contributed by atoms with van der Waals surface area (Å²) in [5.74, 6) is -1.14. The third kappa shape index (κ3) is 39.4. The molecule has 3 amide bonds. The largest absolute Gasteiger partial charge is 0.462 e. The number of rotatable bonds is 47. The van der Waals surface area contributed by atoms with Gasteiger partial charge in [-0.05, 0) is 64.3 Å². The van der Waals surface area contributed by atoms with Crippen LogP contribution in [0.1, 0.15) is 258 Å². The Kier molecular flexibility index (Phi) is 43.7. The summed E-state index contributed by atoms with van der Waals surface area (Å²) in [6.07, 6.45) is 35.1. The first-order chi connectivity index (χ1) is 30.2. The van der Waals surface area contributed by atoms with Gasteiger partial charge in [0.05, 0.1) is 31.6 Å². The highest BCUT2D eigenvalue weighted by atomic mass is 16.5. The molecular formula is C51H100N4O7. The number of amides is 3. The van der Waals surface area contributed by atoms with Gasteiger partial charge in [-0.2, -0.15) is 0 Å². The first kappa shape index (κ1) is 59.8. The number of hydrogen-bond donors (Lipinski definition) is 6. The molecule has 0 fully saturated rings. The van der Waals surface area contributed by atoms with Crippen LogP contribution in [-0.2, 0) is 23.9 Å². The lowest BCUT2D eigenvalue weighted by Gasteiger charge is -2.22. The molecule has 0 spiro atoms. The predicted octanol–water partition coefficient (Wildman–Crippen LogP) is 10.8. The maximum absolute atomic E-state index is 13.5. The topological polar surface area (TPSA) is 180 Å². The second-order valence-corrected chi connectivity index (χ2v) is 18.3. The van der Waals surface area contributed by atoms with Gasteiger partial charge in [0.1, 0.15) is 12.1 Å². The van der Waals surface area contributed by atoms with E-state index in [0.29, 0.717) is 58.0 Å². The molecule has 0 aliphatic rings. The van der Waals surface area contributed by atoms with Gasteiger partial charge in [0.25, 0.3) is 0 Å². The Balaban J connectivity index is 4.94. The number of unbranched alkanes of at least 4 members (excludes halogenated alkanes) is 25. The lowest BCUT2D eigenvalue weighted by Crippen LogP contribution is -2.48. The molecule has 366 valence electrons. The predicted molar refractivity (Wildman–Crippen MR) is 257 cm³/mol. The lowest BCUT2D eigenvalue weighted by atomic mass is 10.0. The molecule has 0 rings (SSSR count). The highest BCUT2D eigenvalue weighted by molar-refractivity contribution is 5.87. The molecule has 0 radical (unpaired) electrons. The van der Waals surface area contributed by atoms with E-state index in [2.05, 4.69) is 36.7 Å². The molecule has 4 atom stereocenters. The average Bonchev–Trinajstić information content (AvgIpc) is 3.25. The van der Waals surface area contributed by atoms with E-state index in [4.69, 9.17) is 10.5 Å². The highest BCUT2D eigenvalue weighted by Crippen LogP contribution is 2.18. The number of aliphatic hydroxyl groups is 2. The van der Waals surface area contributed by atoms with Crippen molar-refractivity contribution in [2.75, 3.05) is 19.7 Å². The van der Waals surface area contributed by atoms with Gasteiger partial charge in [0, 0.05) is 13.0 Å². The summed E-state index contributed by atoms with van der Waals surface area (Å²) in [7, 11) is 0. The fraction of sp³-hybridized carbons (Fsp3) is 0.922. The van der Waals surface area contributed by atoms with Crippen molar-refractivity contribution in [1.82, 2.24) is 16.0 Å². The fourth-order valence-electron chi connectivity index (χ4n) is 8.12. The van der Waals surface area contributed by atoms with Crippen molar-refractivity contribution in [2.45, 2.75) is 283 Å². The average molecular weight is 881 g/mol. The minimum atomic E-state index is -0.749. The molecule has 0 saturated heterocycles. The van der Waals surface area contributed by atoms with Crippen molar-refractivity contribution in [2.24, 2.45) is 5.73 Å². The van der Waals surface area contributed by atoms with Crippen molar-refractivity contribution < 1.29 is 34.1 Å². The van der Waals surface area contributed by atoms with Gasteiger partial charge >= 0.3 is 5.97 Å². The van der Waals surface area contributed by atoms with Crippen LogP contribution in [0.2, 0.25) is 0 Å². The van der Waals surface area contributed by atoms with Crippen LogP contribution in [-0.4, -0.2) is 77.9 Å². The molecule has 62 heavy (non-hydrogen) atoms. The zero-order chi connectivity index (χ0) is 45.7. The number of aliphatic hydroxyl groups excluding tert-OH is 2. The molecule has 0 aromatic heterocycles. The Morgan fingerprint density at radius 2 is 0.968 bits per heavy atom. The Bertz CT molecular complexity index is 1050. The summed E-state index contributed by atoms with van der Waals surface area (Å²) < 4.78 is 5.93. The van der Waals surface area contributed by atoms with E-state index in [1.165, 1.54) is 116 Å². The quantitative estimate of drug-likeness (QED) is 0.0258. The van der Waals surface area contributed by atoms with E-state index in [1.54, 1.807) is 0 Å². The summed E-state index contributed by atoms with van der Waals surface area (Å²) in [4.78, 5) is 52.4. The lowest BCUT2D eigenvalue weighted by molar-refractivity contribution is -0.151. The number of esters is 1. The van der Waals surface area contributed by atoms with Crippen molar-refractivity contribution in [3.63, 3.8) is 0 Å². The van der Waals surface area contributed by atoms with Crippen LogP contribution in [0.4, 0.5) is 0 Å². The number of hydrogen-bond acceptors (Lipinski definition) is 8. The standard InChI is InChI=1S/C51H100N4O7/c1-4-7-10-13-16-19-22-25-28-35-45(57)41-48(58)54-44(43-56)34-33-40-53-51(61)47(37-31-32-39-52)55-49(59)42-46(36-29-26-23-20-17-14-11-8-5-2)62-50(60)38-30-27-24-21-18-15-12-9-6-3/h44-47,56-57H,4-43,52H2,1-3H3,(H,53,61)(H,54,58)(H,55,59)/t44-,45-,46-,47+/m1/s1. The molecule has 0 aromatic rings. The second-order valence-electron chi connectivity index (χ2n) is 18.3.